The van der Waals surface area contributed by atoms with E-state index in [2.05, 4.69) is 35.1 Å². The average Bonchev–Trinajstić information content (AvgIpc) is 2.94. The molecule has 1 aliphatic rings. The zero-order chi connectivity index (χ0) is 14.0. The van der Waals surface area contributed by atoms with Gasteiger partial charge in [-0.05, 0) is 55.2 Å². The molecular weight excluding hydrogens is 306 g/mol. The number of hydrogen-bond donors (Lipinski definition) is 1. The molecule has 1 aromatic rings. The number of halogens is 1. The van der Waals surface area contributed by atoms with Gasteiger partial charge in [-0.3, -0.25) is 4.79 Å². The van der Waals surface area contributed by atoms with Crippen LogP contribution in [0.5, 0.6) is 0 Å². The van der Waals surface area contributed by atoms with Gasteiger partial charge in [0.25, 0.3) is 5.91 Å². The minimum atomic E-state index is 0.108. The van der Waals surface area contributed by atoms with Crippen molar-refractivity contribution in [3.8, 4) is 0 Å². The smallest absolute Gasteiger partial charge is 0.270 e. The topological polar surface area (TPSA) is 37.3 Å². The van der Waals surface area contributed by atoms with Gasteiger partial charge in [0.2, 0.25) is 0 Å². The highest BCUT2D eigenvalue weighted by atomic mass is 79.9. The zero-order valence-electron chi connectivity index (χ0n) is 11.8. The molecule has 106 valence electrons. The van der Waals surface area contributed by atoms with Gasteiger partial charge in [0.1, 0.15) is 5.69 Å². The van der Waals surface area contributed by atoms with Gasteiger partial charge in [0.15, 0.2) is 0 Å². The highest BCUT2D eigenvalue weighted by molar-refractivity contribution is 9.10. The van der Waals surface area contributed by atoms with Gasteiger partial charge in [0.05, 0.1) is 0 Å². The van der Waals surface area contributed by atoms with E-state index in [-0.39, 0.29) is 11.9 Å². The van der Waals surface area contributed by atoms with E-state index < -0.39 is 0 Å². The minimum absolute atomic E-state index is 0.108. The fourth-order valence-electron chi connectivity index (χ4n) is 2.56. The van der Waals surface area contributed by atoms with Gasteiger partial charge < -0.3 is 14.8 Å². The third-order valence-electron chi connectivity index (χ3n) is 3.65. The largest absolute Gasteiger partial charge is 0.345 e. The molecule has 1 aromatic heterocycles. The first-order chi connectivity index (χ1) is 8.99. The van der Waals surface area contributed by atoms with E-state index in [1.807, 2.05) is 28.8 Å². The maximum absolute atomic E-state index is 12.7. The predicted molar refractivity (Wildman–Crippen MR) is 80.3 cm³/mol. The van der Waals surface area contributed by atoms with Crippen LogP contribution in [0.1, 0.15) is 37.2 Å². The highest BCUT2D eigenvalue weighted by Crippen LogP contribution is 2.18. The third kappa shape index (κ3) is 3.39. The second kappa shape index (κ2) is 6.09. The Morgan fingerprint density at radius 2 is 2.37 bits per heavy atom. The molecule has 1 saturated heterocycles. The van der Waals surface area contributed by atoms with Crippen LogP contribution in [-0.4, -0.2) is 40.5 Å². The summed E-state index contributed by atoms with van der Waals surface area (Å²) in [6.07, 6.45) is 4.29. The maximum atomic E-state index is 12.7. The van der Waals surface area contributed by atoms with Crippen molar-refractivity contribution >= 4 is 21.8 Å². The van der Waals surface area contributed by atoms with E-state index in [1.54, 1.807) is 0 Å². The van der Waals surface area contributed by atoms with E-state index >= 15 is 0 Å². The van der Waals surface area contributed by atoms with Crippen LogP contribution >= 0.6 is 15.9 Å². The molecule has 0 radical (unpaired) electrons. The molecule has 0 saturated carbocycles. The van der Waals surface area contributed by atoms with Crippen molar-refractivity contribution < 1.29 is 4.79 Å². The van der Waals surface area contributed by atoms with Crippen LogP contribution in [0.2, 0.25) is 0 Å². The van der Waals surface area contributed by atoms with Crippen LogP contribution in [0.4, 0.5) is 0 Å². The molecule has 1 fully saturated rings. The summed E-state index contributed by atoms with van der Waals surface area (Å²) in [5.41, 5.74) is 0.735. The number of aryl methyl sites for hydroxylation is 1. The molecule has 5 heteroatoms. The normalized spacial score (nSPS) is 19.1. The second-order valence-electron chi connectivity index (χ2n) is 5.50. The quantitative estimate of drug-likeness (QED) is 0.921. The summed E-state index contributed by atoms with van der Waals surface area (Å²) in [7, 11) is 1.91. The molecule has 2 rings (SSSR count). The Morgan fingerprint density at radius 1 is 1.63 bits per heavy atom. The monoisotopic (exact) mass is 327 g/mol. The summed E-state index contributed by atoms with van der Waals surface area (Å²) in [4.78, 5) is 14.6. The number of nitrogens with one attached hydrogen (secondary N) is 1. The molecule has 19 heavy (non-hydrogen) atoms. The summed E-state index contributed by atoms with van der Waals surface area (Å²) in [5.74, 6) is 0.108. The van der Waals surface area contributed by atoms with Crippen molar-refractivity contribution in [1.82, 2.24) is 14.8 Å². The lowest BCUT2D eigenvalue weighted by molar-refractivity contribution is 0.0679. The molecule has 0 aliphatic carbocycles. The van der Waals surface area contributed by atoms with Crippen LogP contribution in [-0.2, 0) is 7.05 Å². The molecule has 1 aliphatic heterocycles. The van der Waals surface area contributed by atoms with Crippen LogP contribution in [0.25, 0.3) is 0 Å². The van der Waals surface area contributed by atoms with Crippen LogP contribution in [0.3, 0.4) is 0 Å². The van der Waals surface area contributed by atoms with E-state index in [4.69, 9.17) is 0 Å². The SMILES string of the molecule is CC(C)N(CC1CCCN1)C(=O)c1cc(Br)cn1C. The lowest BCUT2D eigenvalue weighted by Gasteiger charge is -2.29. The Morgan fingerprint density at radius 3 is 2.84 bits per heavy atom. The van der Waals surface area contributed by atoms with Gasteiger partial charge in [-0.25, -0.2) is 0 Å². The van der Waals surface area contributed by atoms with Gasteiger partial charge in [-0.2, -0.15) is 0 Å². The number of carbonyl (C=O) groups is 1. The third-order valence-corrected chi connectivity index (χ3v) is 4.09. The van der Waals surface area contributed by atoms with Crippen molar-refractivity contribution in [3.05, 3.63) is 22.4 Å². The van der Waals surface area contributed by atoms with E-state index in [0.29, 0.717) is 6.04 Å². The Kier molecular flexibility index (Phi) is 4.68. The molecule has 1 amide bonds. The molecule has 0 bridgehead atoms. The Hall–Kier alpha value is -0.810. The predicted octanol–water partition coefficient (Wildman–Crippen LogP) is 2.39. The van der Waals surface area contributed by atoms with E-state index in [1.165, 1.54) is 6.42 Å². The van der Waals surface area contributed by atoms with Crippen molar-refractivity contribution in [3.63, 3.8) is 0 Å². The number of amides is 1. The molecule has 1 unspecified atom stereocenters. The van der Waals surface area contributed by atoms with Crippen molar-refractivity contribution in [2.24, 2.45) is 7.05 Å². The van der Waals surface area contributed by atoms with Crippen molar-refractivity contribution in [2.75, 3.05) is 13.1 Å². The Bertz CT molecular complexity index is 450. The van der Waals surface area contributed by atoms with Gasteiger partial charge in [0, 0.05) is 36.3 Å². The fourth-order valence-corrected chi connectivity index (χ4v) is 3.09. The zero-order valence-corrected chi connectivity index (χ0v) is 13.4. The standard InChI is InChI=1S/C14H22BrN3O/c1-10(2)18(9-12-5-4-6-16-12)14(19)13-7-11(15)8-17(13)3/h7-8,10,12,16H,4-6,9H2,1-3H3. The fraction of sp³-hybridized carbons (Fsp3) is 0.643. The molecule has 4 nitrogen and oxygen atoms in total. The lowest BCUT2D eigenvalue weighted by atomic mass is 10.1. The maximum Gasteiger partial charge on any atom is 0.270 e. The summed E-state index contributed by atoms with van der Waals surface area (Å²) in [6.45, 7) is 6.01. The number of rotatable bonds is 4. The molecular formula is C14H22BrN3O. The van der Waals surface area contributed by atoms with Gasteiger partial charge in [-0.15, -0.1) is 0 Å². The van der Waals surface area contributed by atoms with Crippen molar-refractivity contribution in [1.29, 1.82) is 0 Å². The molecule has 2 heterocycles. The first-order valence-electron chi connectivity index (χ1n) is 6.85. The number of hydrogen-bond acceptors (Lipinski definition) is 2. The molecule has 1 atom stereocenters. The van der Waals surface area contributed by atoms with E-state index in [9.17, 15) is 4.79 Å². The van der Waals surface area contributed by atoms with Gasteiger partial charge in [-0.1, -0.05) is 0 Å². The summed E-state index contributed by atoms with van der Waals surface area (Å²) in [6, 6.07) is 2.54. The lowest BCUT2D eigenvalue weighted by Crippen LogP contribution is -2.45. The van der Waals surface area contributed by atoms with Crippen molar-refractivity contribution in [2.45, 2.75) is 38.8 Å². The van der Waals surface area contributed by atoms with E-state index in [0.717, 1.165) is 29.7 Å². The number of aromatic nitrogens is 1. The highest BCUT2D eigenvalue weighted by Gasteiger charge is 2.25. The van der Waals surface area contributed by atoms with Gasteiger partial charge >= 0.3 is 0 Å². The Labute approximate surface area is 123 Å². The summed E-state index contributed by atoms with van der Waals surface area (Å²) < 4.78 is 2.82. The van der Waals surface area contributed by atoms with Crippen LogP contribution in [0, 0.1) is 0 Å². The number of carbonyl (C=O) groups excluding carboxylic acids is 1. The molecule has 0 aromatic carbocycles. The first kappa shape index (κ1) is 14.6. The second-order valence-corrected chi connectivity index (χ2v) is 6.41. The molecule has 0 spiro atoms. The number of nitrogens with zero attached hydrogens (tertiary/aromatic N) is 2. The van der Waals surface area contributed by atoms with Crippen LogP contribution in [0.15, 0.2) is 16.7 Å². The summed E-state index contributed by atoms with van der Waals surface area (Å²) in [5, 5.41) is 3.46. The summed E-state index contributed by atoms with van der Waals surface area (Å²) >= 11 is 3.42. The minimum Gasteiger partial charge on any atom is -0.345 e. The van der Waals surface area contributed by atoms with Crippen LogP contribution < -0.4 is 5.32 Å². The average molecular weight is 328 g/mol. The molecule has 1 N–H and O–H groups in total. The Balaban J connectivity index is 2.14. The first-order valence-corrected chi connectivity index (χ1v) is 7.64.